The van der Waals surface area contributed by atoms with Gasteiger partial charge in [0.25, 0.3) is 0 Å². The molecule has 98 valence electrons. The van der Waals surface area contributed by atoms with E-state index in [1.807, 2.05) is 0 Å². The van der Waals surface area contributed by atoms with Gasteiger partial charge in [-0.1, -0.05) is 25.1 Å². The van der Waals surface area contributed by atoms with Crippen molar-refractivity contribution < 1.29 is 12.4 Å². The van der Waals surface area contributed by atoms with E-state index in [0.717, 1.165) is 0 Å². The van der Waals surface area contributed by atoms with Gasteiger partial charge < -0.3 is 17.3 Å². The van der Waals surface area contributed by atoms with E-state index in [2.05, 4.69) is 62.1 Å². The second-order valence-corrected chi connectivity index (χ2v) is 10.4. The fraction of sp³-hybridized carbons (Fsp3) is 0.571. The molecule has 0 aliphatic rings. The average molecular weight is 274 g/mol. The first-order chi connectivity index (χ1) is 7.53. The van der Waals surface area contributed by atoms with Crippen molar-refractivity contribution in [1.29, 1.82) is 0 Å². The first-order valence-electron chi connectivity index (χ1n) is 6.13. The van der Waals surface area contributed by atoms with E-state index in [1.54, 1.807) is 0 Å². The Labute approximate surface area is 113 Å². The molecule has 0 radical (unpaired) electrons. The predicted molar refractivity (Wildman–Crippen MR) is 78.5 cm³/mol. The highest BCUT2D eigenvalue weighted by atomic mass is 35.5. The SMILES string of the molecule is CCCN(CC[P+](C)(C)C)c1ccccc1.[Cl-]. The van der Waals surface area contributed by atoms with Gasteiger partial charge in [0.05, 0.1) is 12.7 Å². The van der Waals surface area contributed by atoms with E-state index in [1.165, 1.54) is 31.4 Å². The van der Waals surface area contributed by atoms with Gasteiger partial charge in [0, 0.05) is 39.5 Å². The number of halogens is 1. The molecule has 1 aromatic carbocycles. The third-order valence-corrected chi connectivity index (χ3v) is 4.20. The maximum atomic E-state index is 2.52. The lowest BCUT2D eigenvalue weighted by Gasteiger charge is -2.25. The smallest absolute Gasteiger partial charge is 0.0761 e. The number of nitrogens with zero attached hydrogens (tertiary/aromatic N) is 1. The van der Waals surface area contributed by atoms with Crippen molar-refractivity contribution in [2.24, 2.45) is 0 Å². The molecule has 0 fully saturated rings. The lowest BCUT2D eigenvalue weighted by atomic mass is 10.3. The zero-order chi connectivity index (χ0) is 12.0. The highest BCUT2D eigenvalue weighted by Gasteiger charge is 2.18. The van der Waals surface area contributed by atoms with Gasteiger partial charge in [0.15, 0.2) is 0 Å². The van der Waals surface area contributed by atoms with Crippen molar-refractivity contribution in [3.63, 3.8) is 0 Å². The number of benzene rings is 1. The van der Waals surface area contributed by atoms with Gasteiger partial charge in [0.2, 0.25) is 0 Å². The van der Waals surface area contributed by atoms with Crippen molar-refractivity contribution in [3.8, 4) is 0 Å². The number of anilines is 1. The summed E-state index contributed by atoms with van der Waals surface area (Å²) in [6.07, 6.45) is 2.57. The summed E-state index contributed by atoms with van der Waals surface area (Å²) in [6, 6.07) is 10.8. The fourth-order valence-electron chi connectivity index (χ4n) is 1.70. The Balaban J connectivity index is 0.00000256. The lowest BCUT2D eigenvalue weighted by molar-refractivity contribution is -0.00000365. The molecule has 0 aliphatic carbocycles. The van der Waals surface area contributed by atoms with Crippen LogP contribution in [0.5, 0.6) is 0 Å². The van der Waals surface area contributed by atoms with Crippen LogP contribution in [0.4, 0.5) is 5.69 Å². The molecule has 0 spiro atoms. The highest BCUT2D eigenvalue weighted by Crippen LogP contribution is 2.46. The molecular weight excluding hydrogens is 249 g/mol. The molecule has 0 N–H and O–H groups in total. The third-order valence-electron chi connectivity index (χ3n) is 2.66. The van der Waals surface area contributed by atoms with Crippen LogP contribution >= 0.6 is 7.26 Å². The van der Waals surface area contributed by atoms with Crippen molar-refractivity contribution >= 4 is 12.9 Å². The lowest BCUT2D eigenvalue weighted by Crippen LogP contribution is -3.00. The largest absolute Gasteiger partial charge is 1.00 e. The predicted octanol–water partition coefficient (Wildman–Crippen LogP) is 0.814. The molecule has 1 rings (SSSR count). The quantitative estimate of drug-likeness (QED) is 0.694. The normalized spacial score (nSPS) is 10.8. The number of hydrogen-bond donors (Lipinski definition) is 0. The summed E-state index contributed by atoms with van der Waals surface area (Å²) >= 11 is 0. The van der Waals surface area contributed by atoms with E-state index in [-0.39, 0.29) is 12.4 Å². The van der Waals surface area contributed by atoms with Gasteiger partial charge in [-0.05, 0) is 18.6 Å². The Morgan fingerprint density at radius 1 is 1.00 bits per heavy atom. The molecule has 1 aromatic rings. The number of rotatable bonds is 6. The highest BCUT2D eigenvalue weighted by molar-refractivity contribution is 7.73. The molecule has 0 aromatic heterocycles. The Morgan fingerprint density at radius 3 is 2.06 bits per heavy atom. The molecule has 3 heteroatoms. The Kier molecular flexibility index (Phi) is 7.83. The van der Waals surface area contributed by atoms with Crippen LogP contribution in [0, 0.1) is 0 Å². The van der Waals surface area contributed by atoms with Crippen LogP contribution < -0.4 is 17.3 Å². The second kappa shape index (κ2) is 7.95. The molecule has 0 unspecified atom stereocenters. The Morgan fingerprint density at radius 2 is 1.59 bits per heavy atom. The minimum absolute atomic E-state index is 0. The maximum Gasteiger partial charge on any atom is 0.0761 e. The molecule has 0 amide bonds. The van der Waals surface area contributed by atoms with Gasteiger partial charge in [-0.3, -0.25) is 0 Å². The van der Waals surface area contributed by atoms with Crippen LogP contribution in [0.1, 0.15) is 13.3 Å². The summed E-state index contributed by atoms with van der Waals surface area (Å²) in [5.74, 6) is 0. The number of hydrogen-bond acceptors (Lipinski definition) is 1. The second-order valence-electron chi connectivity index (χ2n) is 5.34. The molecule has 0 saturated heterocycles. The average Bonchev–Trinajstić information content (AvgIpc) is 2.24. The molecule has 0 bridgehead atoms. The zero-order valence-electron chi connectivity index (χ0n) is 11.5. The maximum absolute atomic E-state index is 2.52. The van der Waals surface area contributed by atoms with Crippen LogP contribution in [0.3, 0.4) is 0 Å². The van der Waals surface area contributed by atoms with Gasteiger partial charge in [-0.2, -0.15) is 0 Å². The molecule has 0 aliphatic heterocycles. The van der Waals surface area contributed by atoms with E-state index in [4.69, 9.17) is 0 Å². The fourth-order valence-corrected chi connectivity index (χ4v) is 2.54. The Bertz CT molecular complexity index is 295. The van der Waals surface area contributed by atoms with Crippen LogP contribution in [0.2, 0.25) is 0 Å². The Hall–Kier alpha value is -0.260. The van der Waals surface area contributed by atoms with Crippen LogP contribution in [0.15, 0.2) is 30.3 Å². The van der Waals surface area contributed by atoms with Crippen molar-refractivity contribution in [1.82, 2.24) is 0 Å². The van der Waals surface area contributed by atoms with Crippen molar-refractivity contribution in [2.45, 2.75) is 13.3 Å². The van der Waals surface area contributed by atoms with E-state index in [9.17, 15) is 0 Å². The molecular formula is C14H25ClNP. The molecule has 0 atom stereocenters. The molecule has 1 nitrogen and oxygen atoms in total. The third kappa shape index (κ3) is 6.91. The number of para-hydroxylation sites is 1. The minimum Gasteiger partial charge on any atom is -1.00 e. The van der Waals surface area contributed by atoms with Crippen molar-refractivity contribution in [3.05, 3.63) is 30.3 Å². The first-order valence-corrected chi connectivity index (χ1v) is 9.45. The summed E-state index contributed by atoms with van der Waals surface area (Å²) < 4.78 is 0. The van der Waals surface area contributed by atoms with Crippen LogP contribution in [0.25, 0.3) is 0 Å². The molecule has 17 heavy (non-hydrogen) atoms. The summed E-state index contributed by atoms with van der Waals surface area (Å²) in [4.78, 5) is 2.52. The summed E-state index contributed by atoms with van der Waals surface area (Å²) in [7, 11) is -0.655. The summed E-state index contributed by atoms with van der Waals surface area (Å²) in [5.41, 5.74) is 1.37. The molecule has 0 saturated carbocycles. The van der Waals surface area contributed by atoms with Crippen LogP contribution in [-0.4, -0.2) is 39.2 Å². The first kappa shape index (κ1) is 16.7. The minimum atomic E-state index is -0.655. The van der Waals surface area contributed by atoms with Gasteiger partial charge in [0.1, 0.15) is 0 Å². The summed E-state index contributed by atoms with van der Waals surface area (Å²) in [6.45, 7) is 11.9. The zero-order valence-corrected chi connectivity index (χ0v) is 13.1. The van der Waals surface area contributed by atoms with Crippen molar-refractivity contribution in [2.75, 3.05) is 44.1 Å². The summed E-state index contributed by atoms with van der Waals surface area (Å²) in [5, 5.41) is 0. The van der Waals surface area contributed by atoms with Gasteiger partial charge >= 0.3 is 0 Å². The van der Waals surface area contributed by atoms with Crippen LogP contribution in [-0.2, 0) is 0 Å². The van der Waals surface area contributed by atoms with E-state index in [0.29, 0.717) is 0 Å². The van der Waals surface area contributed by atoms with Gasteiger partial charge in [-0.25, -0.2) is 0 Å². The topological polar surface area (TPSA) is 3.24 Å². The monoisotopic (exact) mass is 273 g/mol. The van der Waals surface area contributed by atoms with E-state index >= 15 is 0 Å². The standard InChI is InChI=1S/C14H25NP.ClH/c1-5-11-15(12-13-16(2,3)4)14-9-7-6-8-10-14;/h6-10H,5,11-13H2,1-4H3;1H/q+1;/p-1. The molecule has 0 heterocycles. The van der Waals surface area contributed by atoms with E-state index < -0.39 is 7.26 Å². The van der Waals surface area contributed by atoms with Gasteiger partial charge in [-0.15, -0.1) is 0 Å².